The first kappa shape index (κ1) is 17.7. The standard InChI is InChI=1S/C10H24O3Si.Si/c1-6-11-14(12-7-2,13-8-3)9-10(4)5;/h10H,6-9H2,1-5H3;. The van der Waals surface area contributed by atoms with Crippen molar-refractivity contribution in [1.29, 1.82) is 0 Å². The Morgan fingerprint density at radius 1 is 0.867 bits per heavy atom. The van der Waals surface area contributed by atoms with Crippen molar-refractivity contribution in [1.82, 2.24) is 0 Å². The minimum Gasteiger partial charge on any atom is -0.374 e. The predicted octanol–water partition coefficient (Wildman–Crippen LogP) is 2.31. The summed E-state index contributed by atoms with van der Waals surface area (Å²) in [6.45, 7) is 12.3. The van der Waals surface area contributed by atoms with Crippen LogP contribution in [0.5, 0.6) is 0 Å². The molecule has 0 aliphatic rings. The van der Waals surface area contributed by atoms with E-state index < -0.39 is 8.80 Å². The van der Waals surface area contributed by atoms with Gasteiger partial charge in [-0.1, -0.05) is 13.8 Å². The molecule has 0 spiro atoms. The predicted molar refractivity (Wildman–Crippen MR) is 66.0 cm³/mol. The lowest BCUT2D eigenvalue weighted by atomic mass is 10.3. The third kappa shape index (κ3) is 7.24. The first-order valence-electron chi connectivity index (χ1n) is 5.52. The van der Waals surface area contributed by atoms with E-state index in [4.69, 9.17) is 13.3 Å². The van der Waals surface area contributed by atoms with Crippen molar-refractivity contribution in [2.45, 2.75) is 40.7 Å². The molecule has 90 valence electrons. The molecule has 0 aromatic carbocycles. The van der Waals surface area contributed by atoms with E-state index in [0.717, 1.165) is 6.04 Å². The Labute approximate surface area is 99.9 Å². The van der Waals surface area contributed by atoms with Gasteiger partial charge in [0.05, 0.1) is 0 Å². The summed E-state index contributed by atoms with van der Waals surface area (Å²) in [7, 11) is -2.36. The van der Waals surface area contributed by atoms with Crippen molar-refractivity contribution in [2.24, 2.45) is 5.92 Å². The Bertz CT molecular complexity index is 126. The van der Waals surface area contributed by atoms with E-state index in [2.05, 4.69) is 13.8 Å². The van der Waals surface area contributed by atoms with Gasteiger partial charge in [0.15, 0.2) is 0 Å². The first-order valence-corrected chi connectivity index (χ1v) is 7.45. The van der Waals surface area contributed by atoms with E-state index in [1.165, 1.54) is 0 Å². The summed E-state index contributed by atoms with van der Waals surface area (Å²) in [4.78, 5) is 0. The molecule has 0 aliphatic carbocycles. The fraction of sp³-hybridized carbons (Fsp3) is 1.00. The highest BCUT2D eigenvalue weighted by molar-refractivity contribution is 6.60. The van der Waals surface area contributed by atoms with Crippen molar-refractivity contribution in [3.05, 3.63) is 0 Å². The van der Waals surface area contributed by atoms with Crippen LogP contribution in [0.2, 0.25) is 6.04 Å². The van der Waals surface area contributed by atoms with E-state index in [-0.39, 0.29) is 11.0 Å². The summed E-state index contributed by atoms with van der Waals surface area (Å²) in [6, 6.07) is 0.905. The van der Waals surface area contributed by atoms with Crippen molar-refractivity contribution in [3.63, 3.8) is 0 Å². The molecule has 0 fully saturated rings. The molecule has 0 rings (SSSR count). The van der Waals surface area contributed by atoms with Crippen molar-refractivity contribution >= 4 is 19.8 Å². The zero-order valence-electron chi connectivity index (χ0n) is 10.6. The normalized spacial score (nSPS) is 11.6. The van der Waals surface area contributed by atoms with Gasteiger partial charge in [0, 0.05) is 36.8 Å². The second kappa shape index (κ2) is 9.53. The van der Waals surface area contributed by atoms with Crippen LogP contribution in [-0.2, 0) is 13.3 Å². The highest BCUT2D eigenvalue weighted by Gasteiger charge is 2.40. The number of hydrogen-bond donors (Lipinski definition) is 0. The van der Waals surface area contributed by atoms with E-state index >= 15 is 0 Å². The van der Waals surface area contributed by atoms with Gasteiger partial charge in [-0.15, -0.1) is 0 Å². The lowest BCUT2D eigenvalue weighted by Gasteiger charge is -2.29. The topological polar surface area (TPSA) is 27.7 Å². The summed E-state index contributed by atoms with van der Waals surface area (Å²) >= 11 is 0. The fourth-order valence-electron chi connectivity index (χ4n) is 1.46. The number of rotatable bonds is 8. The Kier molecular flexibility index (Phi) is 11.2. The van der Waals surface area contributed by atoms with Crippen LogP contribution >= 0.6 is 0 Å². The largest absolute Gasteiger partial charge is 0.501 e. The smallest absolute Gasteiger partial charge is 0.374 e. The summed E-state index contributed by atoms with van der Waals surface area (Å²) in [5.41, 5.74) is 0. The summed E-state index contributed by atoms with van der Waals surface area (Å²) in [5.74, 6) is 0.548. The lowest BCUT2D eigenvalue weighted by Crippen LogP contribution is -2.46. The van der Waals surface area contributed by atoms with Crippen LogP contribution in [0.1, 0.15) is 34.6 Å². The monoisotopic (exact) mass is 248 g/mol. The zero-order valence-corrected chi connectivity index (χ0v) is 12.6. The van der Waals surface area contributed by atoms with Crippen molar-refractivity contribution < 1.29 is 13.3 Å². The van der Waals surface area contributed by atoms with Gasteiger partial charge in [-0.25, -0.2) is 0 Å². The van der Waals surface area contributed by atoms with Crippen molar-refractivity contribution in [3.8, 4) is 0 Å². The van der Waals surface area contributed by atoms with Crippen LogP contribution in [0.25, 0.3) is 0 Å². The molecule has 0 aromatic heterocycles. The molecule has 15 heavy (non-hydrogen) atoms. The molecule has 4 radical (unpaired) electrons. The summed E-state index contributed by atoms with van der Waals surface area (Å²) in [6.07, 6.45) is 0. The molecule has 0 heterocycles. The van der Waals surface area contributed by atoms with Gasteiger partial charge < -0.3 is 13.3 Å². The maximum atomic E-state index is 5.72. The van der Waals surface area contributed by atoms with Gasteiger partial charge in [0.2, 0.25) is 0 Å². The highest BCUT2D eigenvalue weighted by Crippen LogP contribution is 2.20. The molecule has 5 heteroatoms. The molecule has 0 atom stereocenters. The second-order valence-electron chi connectivity index (χ2n) is 3.58. The Balaban J connectivity index is 0. The average Bonchev–Trinajstić information content (AvgIpc) is 2.03. The number of hydrogen-bond acceptors (Lipinski definition) is 3. The van der Waals surface area contributed by atoms with E-state index in [1.54, 1.807) is 0 Å². The minimum atomic E-state index is -2.36. The van der Waals surface area contributed by atoms with Crippen LogP contribution in [0.3, 0.4) is 0 Å². The van der Waals surface area contributed by atoms with Gasteiger partial charge in [-0.3, -0.25) is 0 Å². The van der Waals surface area contributed by atoms with Gasteiger partial charge >= 0.3 is 8.80 Å². The Morgan fingerprint density at radius 2 is 1.20 bits per heavy atom. The van der Waals surface area contributed by atoms with Crippen LogP contribution in [-0.4, -0.2) is 39.6 Å². The van der Waals surface area contributed by atoms with Crippen LogP contribution in [0.4, 0.5) is 0 Å². The van der Waals surface area contributed by atoms with E-state index in [1.807, 2.05) is 20.8 Å². The third-order valence-electron chi connectivity index (χ3n) is 1.75. The maximum Gasteiger partial charge on any atom is 0.501 e. The van der Waals surface area contributed by atoms with Gasteiger partial charge in [-0.05, 0) is 26.7 Å². The summed E-state index contributed by atoms with van der Waals surface area (Å²) in [5, 5.41) is 0. The third-order valence-corrected chi connectivity index (χ3v) is 5.25. The SMILES string of the molecule is CCO[Si](CC(C)C)(OCC)OCC.[Si]. The quantitative estimate of drug-likeness (QED) is 0.617. The fourth-order valence-corrected chi connectivity index (χ4v) is 4.38. The molecular weight excluding hydrogens is 224 g/mol. The molecule has 0 aromatic rings. The van der Waals surface area contributed by atoms with Crippen molar-refractivity contribution in [2.75, 3.05) is 19.8 Å². The minimum absolute atomic E-state index is 0. The van der Waals surface area contributed by atoms with Crippen LogP contribution in [0, 0.1) is 5.92 Å². The highest BCUT2D eigenvalue weighted by atomic mass is 28.4. The molecule has 3 nitrogen and oxygen atoms in total. The zero-order chi connectivity index (χ0) is 11.0. The Morgan fingerprint density at radius 3 is 1.40 bits per heavy atom. The molecule has 0 N–H and O–H groups in total. The lowest BCUT2D eigenvalue weighted by molar-refractivity contribution is 0.0683. The van der Waals surface area contributed by atoms with E-state index in [0.29, 0.717) is 25.7 Å². The molecule has 0 amide bonds. The van der Waals surface area contributed by atoms with Gasteiger partial charge in [0.25, 0.3) is 0 Å². The van der Waals surface area contributed by atoms with Crippen LogP contribution in [0.15, 0.2) is 0 Å². The maximum absolute atomic E-state index is 5.72. The van der Waals surface area contributed by atoms with E-state index in [9.17, 15) is 0 Å². The molecule has 0 saturated heterocycles. The van der Waals surface area contributed by atoms with Gasteiger partial charge in [-0.2, -0.15) is 0 Å². The first-order chi connectivity index (χ1) is 6.60. The summed E-state index contributed by atoms with van der Waals surface area (Å²) < 4.78 is 17.1. The second-order valence-corrected chi connectivity index (χ2v) is 6.22. The average molecular weight is 248 g/mol. The molecular formula is C10H24O3Si2. The molecule has 0 bridgehead atoms. The van der Waals surface area contributed by atoms with Gasteiger partial charge in [0.1, 0.15) is 0 Å². The molecule has 0 saturated carbocycles. The molecule has 0 aliphatic heterocycles. The molecule has 0 unspecified atom stereocenters. The Hall–Kier alpha value is 0.314. The van der Waals surface area contributed by atoms with Crippen LogP contribution < -0.4 is 0 Å².